The molecule has 0 fully saturated rings. The Balaban J connectivity index is 2.18. The molecule has 0 atom stereocenters. The number of carbonyl (C=O) groups is 1. The fraction of sp³-hybridized carbons (Fsp3) is 0.0625. The maximum atomic E-state index is 13.8. The van der Waals surface area contributed by atoms with E-state index in [1.54, 1.807) is 0 Å². The molecule has 27 heavy (non-hydrogen) atoms. The molecule has 0 radical (unpaired) electrons. The topological polar surface area (TPSA) is 77.2 Å². The van der Waals surface area contributed by atoms with E-state index in [4.69, 9.17) is 11.6 Å². The molecule has 3 aromatic rings. The van der Waals surface area contributed by atoms with Crippen molar-refractivity contribution >= 4 is 17.6 Å². The second kappa shape index (κ2) is 6.88. The minimum absolute atomic E-state index is 0.0150. The van der Waals surface area contributed by atoms with Gasteiger partial charge in [-0.25, -0.2) is 18.9 Å². The molecule has 1 N–H and O–H groups in total. The number of pyridine rings is 1. The van der Waals surface area contributed by atoms with Crippen molar-refractivity contribution in [3.05, 3.63) is 59.3 Å². The van der Waals surface area contributed by atoms with E-state index in [0.29, 0.717) is 6.07 Å². The fourth-order valence-corrected chi connectivity index (χ4v) is 2.48. The molecule has 0 aliphatic carbocycles. The van der Waals surface area contributed by atoms with Crippen LogP contribution in [-0.2, 0) is 0 Å². The summed E-state index contributed by atoms with van der Waals surface area (Å²) in [5, 5.41) is 13.1. The van der Waals surface area contributed by atoms with Gasteiger partial charge in [-0.15, -0.1) is 13.2 Å². The average molecular weight is 402 g/mol. The quantitative estimate of drug-likeness (QED) is 0.520. The Kier molecular flexibility index (Phi) is 4.75. The van der Waals surface area contributed by atoms with Gasteiger partial charge in [0, 0.05) is 23.9 Å². The zero-order valence-electron chi connectivity index (χ0n) is 13.0. The number of hydrogen-bond acceptors (Lipinski definition) is 4. The highest BCUT2D eigenvalue weighted by Crippen LogP contribution is 2.31. The summed E-state index contributed by atoms with van der Waals surface area (Å²) in [5.41, 5.74) is -0.191. The second-order valence-electron chi connectivity index (χ2n) is 5.19. The number of ether oxygens (including phenoxy) is 1. The monoisotopic (exact) mass is 401 g/mol. The average Bonchev–Trinajstić information content (AvgIpc) is 2.98. The van der Waals surface area contributed by atoms with E-state index >= 15 is 0 Å². The number of nitrogens with zero attached hydrogens (tertiary/aromatic N) is 3. The maximum absolute atomic E-state index is 13.8. The summed E-state index contributed by atoms with van der Waals surface area (Å²) in [7, 11) is 0. The smallest absolute Gasteiger partial charge is 0.476 e. The minimum atomic E-state index is -5.02. The molecule has 0 bridgehead atoms. The first-order chi connectivity index (χ1) is 12.6. The molecule has 1 aromatic carbocycles. The molecule has 0 saturated heterocycles. The Bertz CT molecular complexity index is 1020. The number of alkyl halides is 3. The number of aromatic nitrogens is 3. The number of benzene rings is 1. The van der Waals surface area contributed by atoms with Crippen LogP contribution in [0.1, 0.15) is 10.5 Å². The van der Waals surface area contributed by atoms with Crippen molar-refractivity contribution in [3.63, 3.8) is 0 Å². The molecule has 140 valence electrons. The third-order valence-corrected chi connectivity index (χ3v) is 3.49. The van der Waals surface area contributed by atoms with Gasteiger partial charge in [0.2, 0.25) is 0 Å². The second-order valence-corrected chi connectivity index (χ2v) is 5.58. The summed E-state index contributed by atoms with van der Waals surface area (Å²) in [6.07, 6.45) is -3.69. The van der Waals surface area contributed by atoms with Crippen molar-refractivity contribution < 1.29 is 32.2 Å². The van der Waals surface area contributed by atoms with E-state index in [1.807, 2.05) is 0 Å². The van der Waals surface area contributed by atoms with Crippen LogP contribution in [0.2, 0.25) is 5.15 Å². The van der Waals surface area contributed by atoms with Crippen LogP contribution in [0.3, 0.4) is 0 Å². The van der Waals surface area contributed by atoms with Gasteiger partial charge in [0.25, 0.3) is 0 Å². The van der Waals surface area contributed by atoms with Crippen molar-refractivity contribution in [2.45, 2.75) is 6.36 Å². The number of halogens is 5. The highest BCUT2D eigenvalue weighted by Gasteiger charge is 2.31. The van der Waals surface area contributed by atoms with Crippen LogP contribution < -0.4 is 4.74 Å². The normalized spacial score (nSPS) is 11.4. The number of carboxylic acids is 1. The number of rotatable bonds is 4. The van der Waals surface area contributed by atoms with E-state index in [0.717, 1.165) is 22.9 Å². The lowest BCUT2D eigenvalue weighted by Gasteiger charge is -2.12. The summed E-state index contributed by atoms with van der Waals surface area (Å²) in [6, 6.07) is 6.28. The van der Waals surface area contributed by atoms with E-state index in [1.165, 1.54) is 18.3 Å². The number of hydrogen-bond donors (Lipinski definition) is 1. The highest BCUT2D eigenvalue weighted by atomic mass is 35.5. The minimum Gasteiger partial charge on any atom is -0.476 e. The number of carboxylic acid groups (broad SMARTS) is 1. The van der Waals surface area contributed by atoms with E-state index in [2.05, 4.69) is 14.8 Å². The molecule has 0 amide bonds. The van der Waals surface area contributed by atoms with Crippen molar-refractivity contribution in [3.8, 4) is 22.7 Å². The van der Waals surface area contributed by atoms with Crippen molar-refractivity contribution in [1.29, 1.82) is 0 Å². The summed E-state index contributed by atoms with van der Waals surface area (Å²) in [5.74, 6) is -3.18. The SMILES string of the molecule is O=C(O)c1cc(-c2cc(F)cc(OC(F)(F)F)c2)n(-c2ccnc(Cl)c2)n1. The van der Waals surface area contributed by atoms with Gasteiger partial charge >= 0.3 is 12.3 Å². The fourth-order valence-electron chi connectivity index (χ4n) is 2.32. The third kappa shape index (κ3) is 4.34. The largest absolute Gasteiger partial charge is 0.573 e. The molecule has 0 saturated carbocycles. The Labute approximate surface area is 153 Å². The zero-order valence-corrected chi connectivity index (χ0v) is 13.8. The number of aromatic carboxylic acids is 1. The van der Waals surface area contributed by atoms with Gasteiger partial charge in [0.05, 0.1) is 11.4 Å². The summed E-state index contributed by atoms with van der Waals surface area (Å²) in [4.78, 5) is 15.0. The van der Waals surface area contributed by atoms with Crippen molar-refractivity contribution in [2.75, 3.05) is 0 Å². The van der Waals surface area contributed by atoms with Crippen LogP contribution in [0.25, 0.3) is 16.9 Å². The lowest BCUT2D eigenvalue weighted by atomic mass is 10.1. The molecule has 11 heteroatoms. The first-order valence-electron chi connectivity index (χ1n) is 7.14. The molecule has 0 unspecified atom stereocenters. The summed E-state index contributed by atoms with van der Waals surface area (Å²) in [6.45, 7) is 0. The standard InChI is InChI=1S/C16H8ClF4N3O3/c17-14-6-10(1-2-22-14)24-13(7-12(23-24)15(25)26)8-3-9(18)5-11(4-8)27-16(19,20)21/h1-7H,(H,25,26). The molecule has 2 aromatic heterocycles. The Morgan fingerprint density at radius 3 is 2.56 bits per heavy atom. The highest BCUT2D eigenvalue weighted by molar-refractivity contribution is 6.29. The van der Waals surface area contributed by atoms with E-state index in [-0.39, 0.29) is 22.1 Å². The van der Waals surface area contributed by atoms with Crippen LogP contribution in [0, 0.1) is 5.82 Å². The van der Waals surface area contributed by atoms with Gasteiger partial charge in [0.15, 0.2) is 5.69 Å². The van der Waals surface area contributed by atoms with E-state index < -0.39 is 29.6 Å². The van der Waals surface area contributed by atoms with Gasteiger partial charge in [-0.3, -0.25) is 0 Å². The first kappa shape index (κ1) is 18.6. The Morgan fingerprint density at radius 1 is 1.19 bits per heavy atom. The van der Waals surface area contributed by atoms with Crippen LogP contribution in [0.4, 0.5) is 17.6 Å². The summed E-state index contributed by atoms with van der Waals surface area (Å²) < 4.78 is 56.0. The molecular weight excluding hydrogens is 394 g/mol. The molecule has 0 spiro atoms. The summed E-state index contributed by atoms with van der Waals surface area (Å²) >= 11 is 5.81. The first-order valence-corrected chi connectivity index (χ1v) is 7.52. The maximum Gasteiger partial charge on any atom is 0.573 e. The van der Waals surface area contributed by atoms with Gasteiger partial charge in [0.1, 0.15) is 16.7 Å². The molecule has 3 rings (SSSR count). The predicted octanol–water partition coefficient (Wildman–Crippen LogP) is 4.32. The molecule has 2 heterocycles. The van der Waals surface area contributed by atoms with Gasteiger partial charge < -0.3 is 9.84 Å². The lowest BCUT2D eigenvalue weighted by Crippen LogP contribution is -2.17. The van der Waals surface area contributed by atoms with Crippen molar-refractivity contribution in [2.24, 2.45) is 0 Å². The predicted molar refractivity (Wildman–Crippen MR) is 85.4 cm³/mol. The van der Waals surface area contributed by atoms with Crippen LogP contribution in [0.5, 0.6) is 5.75 Å². The van der Waals surface area contributed by atoms with E-state index in [9.17, 15) is 27.5 Å². The van der Waals surface area contributed by atoms with Gasteiger partial charge in [-0.2, -0.15) is 5.10 Å². The lowest BCUT2D eigenvalue weighted by molar-refractivity contribution is -0.274. The third-order valence-electron chi connectivity index (χ3n) is 3.28. The Morgan fingerprint density at radius 2 is 1.93 bits per heavy atom. The molecule has 0 aliphatic heterocycles. The van der Waals surface area contributed by atoms with Gasteiger partial charge in [-0.05, 0) is 24.3 Å². The van der Waals surface area contributed by atoms with Crippen molar-refractivity contribution in [1.82, 2.24) is 14.8 Å². The molecule has 0 aliphatic rings. The molecular formula is C16H8ClF4N3O3. The van der Waals surface area contributed by atoms with Crippen LogP contribution in [0.15, 0.2) is 42.6 Å². The van der Waals surface area contributed by atoms with Crippen LogP contribution in [-0.4, -0.2) is 32.2 Å². The molecule has 6 nitrogen and oxygen atoms in total. The van der Waals surface area contributed by atoms with Crippen LogP contribution >= 0.6 is 11.6 Å². The Hall–Kier alpha value is -3.14. The zero-order chi connectivity index (χ0) is 19.8. The van der Waals surface area contributed by atoms with Gasteiger partial charge in [-0.1, -0.05) is 11.6 Å².